The minimum absolute atomic E-state index is 0.0945. The van der Waals surface area contributed by atoms with Crippen molar-refractivity contribution in [2.45, 2.75) is 62.5 Å². The summed E-state index contributed by atoms with van der Waals surface area (Å²) in [6.45, 7) is 3.56. The van der Waals surface area contributed by atoms with E-state index in [9.17, 15) is 8.42 Å². The van der Waals surface area contributed by atoms with E-state index < -0.39 is 10.0 Å². The van der Waals surface area contributed by atoms with E-state index in [4.69, 9.17) is 9.47 Å². The van der Waals surface area contributed by atoms with E-state index in [0.717, 1.165) is 57.4 Å². The van der Waals surface area contributed by atoms with Gasteiger partial charge in [-0.2, -0.15) is 0 Å². The highest BCUT2D eigenvalue weighted by atomic mass is 32.2. The molecule has 1 aliphatic carbocycles. The van der Waals surface area contributed by atoms with E-state index in [1.54, 1.807) is 4.31 Å². The third-order valence-electron chi connectivity index (χ3n) is 5.74. The van der Waals surface area contributed by atoms with Gasteiger partial charge in [-0.15, -0.1) is 0 Å². The Morgan fingerprint density at radius 1 is 1.07 bits per heavy atom. The largest absolute Gasteiger partial charge is 0.491 e. The molecule has 4 rings (SSSR count). The molecule has 1 aromatic carbocycles. The van der Waals surface area contributed by atoms with E-state index in [2.05, 4.69) is 17.4 Å². The highest BCUT2D eigenvalue weighted by Crippen LogP contribution is 2.32. The van der Waals surface area contributed by atoms with Gasteiger partial charge >= 0.3 is 0 Å². The molecule has 2 heterocycles. The summed E-state index contributed by atoms with van der Waals surface area (Å²) in [5.74, 6) is 0.882. The lowest BCUT2D eigenvalue weighted by Gasteiger charge is -2.31. The van der Waals surface area contributed by atoms with Crippen molar-refractivity contribution in [3.8, 4) is 5.75 Å². The number of nitrogens with zero attached hydrogens (tertiary/aromatic N) is 1. The summed E-state index contributed by atoms with van der Waals surface area (Å²) >= 11 is 0. The van der Waals surface area contributed by atoms with Crippen LogP contribution >= 0.6 is 0 Å². The second kappa shape index (κ2) is 8.47. The standard InChI is InChI=1S/C20H30N2O4S/c23-27(24,20-7-8-20)22-11-9-17(10-12-22)21-14-16-3-5-18(6-4-16)26-15-19-2-1-13-25-19/h3-6,17,19-21H,1-2,7-15H2. The fourth-order valence-corrected chi connectivity index (χ4v) is 5.70. The molecule has 27 heavy (non-hydrogen) atoms. The van der Waals surface area contributed by atoms with Gasteiger partial charge in [-0.1, -0.05) is 12.1 Å². The first-order valence-electron chi connectivity index (χ1n) is 10.2. The van der Waals surface area contributed by atoms with E-state index in [0.29, 0.717) is 25.7 Å². The smallest absolute Gasteiger partial charge is 0.216 e. The van der Waals surface area contributed by atoms with E-state index >= 15 is 0 Å². The number of ether oxygens (including phenoxy) is 2. The maximum atomic E-state index is 12.3. The number of sulfonamides is 1. The van der Waals surface area contributed by atoms with Crippen molar-refractivity contribution in [3.63, 3.8) is 0 Å². The van der Waals surface area contributed by atoms with Crippen LogP contribution in [0, 0.1) is 0 Å². The Kier molecular flexibility index (Phi) is 6.02. The fraction of sp³-hybridized carbons (Fsp3) is 0.700. The Morgan fingerprint density at radius 3 is 2.44 bits per heavy atom. The Morgan fingerprint density at radius 2 is 1.81 bits per heavy atom. The lowest BCUT2D eigenvalue weighted by molar-refractivity contribution is 0.0679. The highest BCUT2D eigenvalue weighted by molar-refractivity contribution is 7.90. The molecule has 6 nitrogen and oxygen atoms in total. The summed E-state index contributed by atoms with van der Waals surface area (Å²) in [6, 6.07) is 8.58. The molecule has 3 fully saturated rings. The molecule has 1 atom stereocenters. The second-order valence-electron chi connectivity index (χ2n) is 7.89. The molecule has 7 heteroatoms. The molecule has 2 saturated heterocycles. The van der Waals surface area contributed by atoms with Crippen molar-refractivity contribution in [1.82, 2.24) is 9.62 Å². The number of hydrogen-bond acceptors (Lipinski definition) is 5. The highest BCUT2D eigenvalue weighted by Gasteiger charge is 2.41. The molecule has 2 aliphatic heterocycles. The zero-order valence-corrected chi connectivity index (χ0v) is 16.6. The average molecular weight is 395 g/mol. The number of benzene rings is 1. The molecule has 0 spiro atoms. The average Bonchev–Trinajstić information content (AvgIpc) is 3.44. The first-order valence-corrected chi connectivity index (χ1v) is 11.7. The molecule has 1 unspecified atom stereocenters. The van der Waals surface area contributed by atoms with Crippen LogP contribution in [0.4, 0.5) is 0 Å². The van der Waals surface area contributed by atoms with Crippen LogP contribution < -0.4 is 10.1 Å². The molecule has 1 saturated carbocycles. The molecule has 0 radical (unpaired) electrons. The summed E-state index contributed by atoms with van der Waals surface area (Å²) < 4.78 is 37.6. The zero-order chi connectivity index (χ0) is 18.7. The Labute approximate surface area is 162 Å². The molecule has 0 amide bonds. The molecule has 3 aliphatic rings. The van der Waals surface area contributed by atoms with E-state index in [-0.39, 0.29) is 11.4 Å². The number of piperidine rings is 1. The third kappa shape index (κ3) is 5.02. The van der Waals surface area contributed by atoms with E-state index in [1.807, 2.05) is 12.1 Å². The number of nitrogens with one attached hydrogen (secondary N) is 1. The summed E-state index contributed by atoms with van der Waals surface area (Å²) in [7, 11) is -3.01. The quantitative estimate of drug-likeness (QED) is 0.733. The predicted molar refractivity (Wildman–Crippen MR) is 104 cm³/mol. The minimum atomic E-state index is -3.01. The lowest BCUT2D eigenvalue weighted by Crippen LogP contribution is -2.45. The molecular formula is C20H30N2O4S. The van der Waals surface area contributed by atoms with Gasteiger partial charge in [-0.3, -0.25) is 0 Å². The monoisotopic (exact) mass is 394 g/mol. The number of hydrogen-bond donors (Lipinski definition) is 1. The van der Waals surface area contributed by atoms with Gasteiger partial charge in [0.25, 0.3) is 0 Å². The van der Waals surface area contributed by atoms with Crippen LogP contribution in [0.15, 0.2) is 24.3 Å². The van der Waals surface area contributed by atoms with Crippen LogP contribution in [0.5, 0.6) is 5.75 Å². The predicted octanol–water partition coefficient (Wildman–Crippen LogP) is 2.29. The molecule has 1 aromatic rings. The van der Waals surface area contributed by atoms with Crippen molar-refractivity contribution in [2.24, 2.45) is 0 Å². The van der Waals surface area contributed by atoms with Crippen molar-refractivity contribution in [1.29, 1.82) is 0 Å². The van der Waals surface area contributed by atoms with Gasteiger partial charge in [0, 0.05) is 32.3 Å². The van der Waals surface area contributed by atoms with Gasteiger partial charge in [-0.25, -0.2) is 12.7 Å². The third-order valence-corrected chi connectivity index (χ3v) is 8.14. The number of rotatable bonds is 8. The maximum absolute atomic E-state index is 12.3. The molecular weight excluding hydrogens is 364 g/mol. The van der Waals surface area contributed by atoms with Crippen LogP contribution in [0.25, 0.3) is 0 Å². The van der Waals surface area contributed by atoms with Crippen LogP contribution in [-0.4, -0.2) is 56.4 Å². The molecule has 1 N–H and O–H groups in total. The van der Waals surface area contributed by atoms with Crippen LogP contribution in [0.1, 0.15) is 44.1 Å². The van der Waals surface area contributed by atoms with Crippen molar-refractivity contribution in [3.05, 3.63) is 29.8 Å². The van der Waals surface area contributed by atoms with Gasteiger partial charge < -0.3 is 14.8 Å². The van der Waals surface area contributed by atoms with Crippen molar-refractivity contribution in [2.75, 3.05) is 26.3 Å². The minimum Gasteiger partial charge on any atom is -0.491 e. The topological polar surface area (TPSA) is 67.9 Å². The van der Waals surface area contributed by atoms with E-state index in [1.165, 1.54) is 5.56 Å². The van der Waals surface area contributed by atoms with Gasteiger partial charge in [0.15, 0.2) is 0 Å². The van der Waals surface area contributed by atoms with Crippen molar-refractivity contribution < 1.29 is 17.9 Å². The lowest BCUT2D eigenvalue weighted by atomic mass is 10.1. The zero-order valence-electron chi connectivity index (χ0n) is 15.8. The normalized spacial score (nSPS) is 25.0. The Hall–Kier alpha value is -1.15. The Balaban J connectivity index is 1.18. The summed E-state index contributed by atoms with van der Waals surface area (Å²) in [6.07, 6.45) is 5.90. The van der Waals surface area contributed by atoms with Crippen LogP contribution in [0.2, 0.25) is 0 Å². The summed E-state index contributed by atoms with van der Waals surface area (Å²) in [5, 5.41) is 3.47. The van der Waals surface area contributed by atoms with Gasteiger partial charge in [0.2, 0.25) is 10.0 Å². The fourth-order valence-electron chi connectivity index (χ4n) is 3.82. The second-order valence-corrected chi connectivity index (χ2v) is 10.1. The van der Waals surface area contributed by atoms with Crippen LogP contribution in [0.3, 0.4) is 0 Å². The van der Waals surface area contributed by atoms with Gasteiger partial charge in [0.05, 0.1) is 11.4 Å². The molecule has 150 valence electrons. The Bertz CT molecular complexity index is 704. The first kappa shape index (κ1) is 19.2. The van der Waals surface area contributed by atoms with Gasteiger partial charge in [-0.05, 0) is 56.2 Å². The van der Waals surface area contributed by atoms with Crippen molar-refractivity contribution >= 4 is 10.0 Å². The molecule has 0 aromatic heterocycles. The van der Waals surface area contributed by atoms with Gasteiger partial charge in [0.1, 0.15) is 12.4 Å². The summed E-state index contributed by atoms with van der Waals surface area (Å²) in [4.78, 5) is 0. The first-order chi connectivity index (χ1) is 13.1. The maximum Gasteiger partial charge on any atom is 0.216 e. The summed E-state index contributed by atoms with van der Waals surface area (Å²) in [5.41, 5.74) is 1.22. The SMILES string of the molecule is O=S(=O)(C1CC1)N1CCC(NCc2ccc(OCC3CCCO3)cc2)CC1. The molecule has 0 bridgehead atoms. The van der Waals surface area contributed by atoms with Crippen LogP contribution in [-0.2, 0) is 21.3 Å².